The van der Waals surface area contributed by atoms with Crippen molar-refractivity contribution in [1.29, 1.82) is 0 Å². The molecule has 1 fully saturated rings. The van der Waals surface area contributed by atoms with Gasteiger partial charge in [0.1, 0.15) is 24.0 Å². The van der Waals surface area contributed by atoms with E-state index in [4.69, 9.17) is 29.9 Å². The van der Waals surface area contributed by atoms with Crippen LogP contribution in [0.3, 0.4) is 0 Å². The van der Waals surface area contributed by atoms with Gasteiger partial charge in [0.2, 0.25) is 17.6 Å². The summed E-state index contributed by atoms with van der Waals surface area (Å²) in [5.74, 6) is 3.06. The van der Waals surface area contributed by atoms with Crippen molar-refractivity contribution in [2.45, 2.75) is 38.4 Å². The molecule has 2 aliphatic heterocycles. The second-order valence-corrected chi connectivity index (χ2v) is 10.7. The van der Waals surface area contributed by atoms with Crippen molar-refractivity contribution >= 4 is 23.5 Å². The van der Waals surface area contributed by atoms with E-state index in [2.05, 4.69) is 39.5 Å². The van der Waals surface area contributed by atoms with Crippen LogP contribution < -0.4 is 30.2 Å². The van der Waals surface area contributed by atoms with E-state index in [9.17, 15) is 4.79 Å². The number of fused-ring (bicyclic) bond motifs is 1. The molecule has 12 nitrogen and oxygen atoms in total. The topological polar surface area (TPSA) is 133 Å². The molecule has 0 aliphatic carbocycles. The molecule has 224 valence electrons. The van der Waals surface area contributed by atoms with Gasteiger partial charge < -0.3 is 34.7 Å². The predicted octanol–water partition coefficient (Wildman–Crippen LogP) is 3.44. The summed E-state index contributed by atoms with van der Waals surface area (Å²) in [5, 5.41) is 3.44. The number of amides is 1. The third kappa shape index (κ3) is 5.78. The number of benzene rings is 2. The number of anilines is 3. The Morgan fingerprint density at radius 3 is 2.51 bits per heavy atom. The fourth-order valence-corrected chi connectivity index (χ4v) is 5.85. The minimum Gasteiger partial charge on any atom is -0.493 e. The van der Waals surface area contributed by atoms with Crippen LogP contribution in [0.5, 0.6) is 17.2 Å². The minimum absolute atomic E-state index is 0.358. The Morgan fingerprint density at radius 2 is 1.81 bits per heavy atom. The highest BCUT2D eigenvalue weighted by Gasteiger charge is 2.33. The van der Waals surface area contributed by atoms with Crippen molar-refractivity contribution in [3.63, 3.8) is 0 Å². The molecule has 12 heteroatoms. The van der Waals surface area contributed by atoms with Gasteiger partial charge in [0.05, 0.1) is 38.9 Å². The van der Waals surface area contributed by atoms with Crippen molar-refractivity contribution in [2.24, 2.45) is 5.73 Å². The van der Waals surface area contributed by atoms with Gasteiger partial charge in [0.25, 0.3) is 0 Å². The van der Waals surface area contributed by atoms with E-state index < -0.39 is 6.04 Å². The molecule has 2 aromatic carbocycles. The zero-order valence-electron chi connectivity index (χ0n) is 24.6. The summed E-state index contributed by atoms with van der Waals surface area (Å²) >= 11 is 0. The van der Waals surface area contributed by atoms with Crippen molar-refractivity contribution in [1.82, 2.24) is 24.4 Å². The summed E-state index contributed by atoms with van der Waals surface area (Å²) in [7, 11) is 4.74. The average Bonchev–Trinajstić information content (AvgIpc) is 3.71. The standard InChI is InChI=1S/C31H36N8O4/c1-41-25-14-21(15-26(42-2)28(25)43-3)38-18-27(33-19-38)35-30-22-11-13-37(16-20-8-5-4-6-9-20)17-23(22)34-31(36-30)39-12-7-10-24(39)29(32)40/h4-6,8-9,14-15,18-19,24H,7,10-13,16-17H2,1-3H3,(H2,32,40)(H,34,35,36). The van der Waals surface area contributed by atoms with E-state index in [1.807, 2.05) is 33.9 Å². The van der Waals surface area contributed by atoms with Crippen LogP contribution in [0.4, 0.5) is 17.6 Å². The molecule has 43 heavy (non-hydrogen) atoms. The van der Waals surface area contributed by atoms with Gasteiger partial charge >= 0.3 is 0 Å². The van der Waals surface area contributed by atoms with E-state index in [1.165, 1.54) is 5.56 Å². The van der Waals surface area contributed by atoms with E-state index in [0.29, 0.717) is 54.3 Å². The maximum Gasteiger partial charge on any atom is 0.240 e. The molecule has 1 saturated heterocycles. The van der Waals surface area contributed by atoms with Crippen LogP contribution in [0, 0.1) is 0 Å². The second kappa shape index (κ2) is 12.2. The molecule has 1 unspecified atom stereocenters. The van der Waals surface area contributed by atoms with Crippen LogP contribution in [-0.2, 0) is 24.3 Å². The molecule has 1 amide bonds. The van der Waals surface area contributed by atoms with Gasteiger partial charge in [-0.3, -0.25) is 9.69 Å². The summed E-state index contributed by atoms with van der Waals surface area (Å²) in [4.78, 5) is 31.1. The zero-order chi connectivity index (χ0) is 29.9. The highest BCUT2D eigenvalue weighted by atomic mass is 16.5. The van der Waals surface area contributed by atoms with Gasteiger partial charge in [-0.05, 0) is 24.8 Å². The van der Waals surface area contributed by atoms with Crippen molar-refractivity contribution in [3.05, 3.63) is 71.8 Å². The number of hydrogen-bond donors (Lipinski definition) is 2. The molecule has 6 rings (SSSR count). The molecule has 4 aromatic rings. The lowest BCUT2D eigenvalue weighted by molar-refractivity contribution is -0.119. The Balaban J connectivity index is 1.32. The first kappa shape index (κ1) is 28.3. The van der Waals surface area contributed by atoms with Crippen molar-refractivity contribution in [2.75, 3.05) is 44.6 Å². The van der Waals surface area contributed by atoms with E-state index in [1.54, 1.807) is 27.7 Å². The molecule has 2 aliphatic rings. The number of primary amides is 1. The van der Waals surface area contributed by atoms with E-state index >= 15 is 0 Å². The number of ether oxygens (including phenoxy) is 3. The Morgan fingerprint density at radius 1 is 1.05 bits per heavy atom. The quantitative estimate of drug-likeness (QED) is 0.286. The maximum absolute atomic E-state index is 12.2. The van der Waals surface area contributed by atoms with Gasteiger partial charge in [-0.1, -0.05) is 30.3 Å². The molecule has 0 saturated carbocycles. The summed E-state index contributed by atoms with van der Waals surface area (Å²) in [6, 6.07) is 13.7. The number of aromatic nitrogens is 4. The molecule has 2 aromatic heterocycles. The average molecular weight is 585 g/mol. The Labute approximate surface area is 250 Å². The largest absolute Gasteiger partial charge is 0.493 e. The number of hydrogen-bond acceptors (Lipinski definition) is 10. The molecule has 3 N–H and O–H groups in total. The van der Waals surface area contributed by atoms with Crippen LogP contribution in [-0.4, -0.2) is 70.8 Å². The van der Waals surface area contributed by atoms with E-state index in [-0.39, 0.29) is 5.91 Å². The molecule has 0 radical (unpaired) electrons. The highest BCUT2D eigenvalue weighted by Crippen LogP contribution is 2.39. The molecule has 4 heterocycles. The van der Waals surface area contributed by atoms with Crippen molar-refractivity contribution in [3.8, 4) is 22.9 Å². The van der Waals surface area contributed by atoms with Gasteiger partial charge in [0, 0.05) is 43.9 Å². The number of imidazole rings is 1. The summed E-state index contributed by atoms with van der Waals surface area (Å²) in [6.07, 6.45) is 5.91. The number of methoxy groups -OCH3 is 3. The molecule has 0 spiro atoms. The van der Waals surface area contributed by atoms with Gasteiger partial charge in [-0.15, -0.1) is 0 Å². The second-order valence-electron chi connectivity index (χ2n) is 10.7. The fraction of sp³-hybridized carbons (Fsp3) is 0.355. The summed E-state index contributed by atoms with van der Waals surface area (Å²) in [6.45, 7) is 3.04. The van der Waals surface area contributed by atoms with Crippen molar-refractivity contribution < 1.29 is 19.0 Å². The third-order valence-electron chi connectivity index (χ3n) is 8.00. The van der Waals surface area contributed by atoms with Gasteiger partial charge in [-0.25, -0.2) is 9.97 Å². The van der Waals surface area contributed by atoms with Crippen LogP contribution in [0.15, 0.2) is 55.0 Å². The van der Waals surface area contributed by atoms with E-state index in [0.717, 1.165) is 42.9 Å². The number of nitrogens with two attached hydrogens (primary N) is 1. The highest BCUT2D eigenvalue weighted by molar-refractivity contribution is 5.83. The number of nitrogens with one attached hydrogen (secondary N) is 1. The first-order valence-corrected chi connectivity index (χ1v) is 14.3. The third-order valence-corrected chi connectivity index (χ3v) is 8.00. The first-order valence-electron chi connectivity index (χ1n) is 14.3. The smallest absolute Gasteiger partial charge is 0.240 e. The lowest BCUT2D eigenvalue weighted by atomic mass is 10.0. The fourth-order valence-electron chi connectivity index (χ4n) is 5.85. The maximum atomic E-state index is 12.2. The number of nitrogens with zero attached hydrogens (tertiary/aromatic N) is 6. The normalized spacial score (nSPS) is 16.5. The number of carbonyl (C=O) groups is 1. The lowest BCUT2D eigenvalue weighted by Crippen LogP contribution is -2.41. The summed E-state index contributed by atoms with van der Waals surface area (Å²) in [5.41, 5.74) is 9.78. The Kier molecular flexibility index (Phi) is 8.01. The molecule has 0 bridgehead atoms. The summed E-state index contributed by atoms with van der Waals surface area (Å²) < 4.78 is 18.4. The minimum atomic E-state index is -0.422. The van der Waals surface area contributed by atoms with Gasteiger partial charge in [0.15, 0.2) is 11.5 Å². The lowest BCUT2D eigenvalue weighted by Gasteiger charge is -2.31. The molecular weight excluding hydrogens is 548 g/mol. The van der Waals surface area contributed by atoms with Crippen LogP contribution in [0.25, 0.3) is 5.69 Å². The van der Waals surface area contributed by atoms with Crippen LogP contribution >= 0.6 is 0 Å². The molecular formula is C31H36N8O4. The predicted molar refractivity (Wildman–Crippen MR) is 162 cm³/mol. The Hall–Kier alpha value is -4.84. The Bertz CT molecular complexity index is 1580. The monoisotopic (exact) mass is 584 g/mol. The zero-order valence-corrected chi connectivity index (χ0v) is 24.6. The number of rotatable bonds is 10. The van der Waals surface area contributed by atoms with Gasteiger partial charge in [-0.2, -0.15) is 4.98 Å². The van der Waals surface area contributed by atoms with Crippen LogP contribution in [0.1, 0.15) is 29.7 Å². The SMILES string of the molecule is COc1cc(-n2cnc(Nc3nc(N4CCCC4C(N)=O)nc4c3CCN(Cc3ccccc3)C4)c2)cc(OC)c1OC. The first-order chi connectivity index (χ1) is 21.0. The molecule has 1 atom stereocenters. The number of carbonyl (C=O) groups excluding carboxylic acids is 1. The van der Waals surface area contributed by atoms with Crippen LogP contribution in [0.2, 0.25) is 0 Å².